The predicted molar refractivity (Wildman–Crippen MR) is 31.4 cm³/mol. The third-order valence-electron chi connectivity index (χ3n) is 1.20. The SMILES string of the molecule is CC[C@H](C)COC(F)F. The lowest BCUT2D eigenvalue weighted by molar-refractivity contribution is -0.137. The van der Waals surface area contributed by atoms with E-state index in [-0.39, 0.29) is 12.5 Å². The molecule has 0 aromatic rings. The monoisotopic (exact) mass is 138 g/mol. The lowest BCUT2D eigenvalue weighted by Crippen LogP contribution is -2.08. The lowest BCUT2D eigenvalue weighted by atomic mass is 10.1. The molecular weight excluding hydrogens is 126 g/mol. The van der Waals surface area contributed by atoms with Crippen LogP contribution in [-0.2, 0) is 4.74 Å². The molecule has 0 amide bonds. The highest BCUT2D eigenvalue weighted by Crippen LogP contribution is 2.03. The molecule has 1 nitrogen and oxygen atoms in total. The highest BCUT2D eigenvalue weighted by Gasteiger charge is 2.04. The molecule has 3 heteroatoms. The van der Waals surface area contributed by atoms with Crippen molar-refractivity contribution in [2.45, 2.75) is 26.9 Å². The van der Waals surface area contributed by atoms with E-state index in [9.17, 15) is 8.78 Å². The fourth-order valence-corrected chi connectivity index (χ4v) is 0.355. The molecule has 56 valence electrons. The van der Waals surface area contributed by atoms with Crippen LogP contribution < -0.4 is 0 Å². The number of hydrogen-bond donors (Lipinski definition) is 0. The predicted octanol–water partition coefficient (Wildman–Crippen LogP) is 2.27. The van der Waals surface area contributed by atoms with E-state index in [1.807, 2.05) is 13.8 Å². The van der Waals surface area contributed by atoms with Gasteiger partial charge in [0.2, 0.25) is 0 Å². The Hall–Kier alpha value is -0.180. The molecule has 0 radical (unpaired) electrons. The van der Waals surface area contributed by atoms with Crippen molar-refractivity contribution < 1.29 is 13.5 Å². The normalized spacial score (nSPS) is 14.3. The highest BCUT2D eigenvalue weighted by atomic mass is 19.3. The summed E-state index contributed by atoms with van der Waals surface area (Å²) in [4.78, 5) is 0. The van der Waals surface area contributed by atoms with Crippen LogP contribution in [0, 0.1) is 5.92 Å². The summed E-state index contributed by atoms with van der Waals surface area (Å²) in [6, 6.07) is 0. The Morgan fingerprint density at radius 3 is 2.33 bits per heavy atom. The Labute approximate surface area is 54.0 Å². The third-order valence-corrected chi connectivity index (χ3v) is 1.20. The van der Waals surface area contributed by atoms with E-state index in [4.69, 9.17) is 0 Å². The zero-order valence-corrected chi connectivity index (χ0v) is 5.73. The van der Waals surface area contributed by atoms with E-state index >= 15 is 0 Å². The Bertz CT molecular complexity index is 66.1. The van der Waals surface area contributed by atoms with Crippen LogP contribution >= 0.6 is 0 Å². The van der Waals surface area contributed by atoms with Gasteiger partial charge in [0.25, 0.3) is 0 Å². The van der Waals surface area contributed by atoms with E-state index in [0.29, 0.717) is 0 Å². The van der Waals surface area contributed by atoms with E-state index in [2.05, 4.69) is 4.74 Å². The third kappa shape index (κ3) is 5.69. The second-order valence-electron chi connectivity index (χ2n) is 2.11. The molecule has 0 aromatic carbocycles. The fourth-order valence-electron chi connectivity index (χ4n) is 0.355. The van der Waals surface area contributed by atoms with Crippen molar-refractivity contribution in [3.8, 4) is 0 Å². The van der Waals surface area contributed by atoms with Gasteiger partial charge in [-0.15, -0.1) is 0 Å². The first-order valence-corrected chi connectivity index (χ1v) is 3.06. The van der Waals surface area contributed by atoms with Gasteiger partial charge < -0.3 is 4.74 Å². The molecule has 9 heavy (non-hydrogen) atoms. The van der Waals surface area contributed by atoms with E-state index in [0.717, 1.165) is 6.42 Å². The van der Waals surface area contributed by atoms with Gasteiger partial charge in [-0.05, 0) is 5.92 Å². The van der Waals surface area contributed by atoms with Crippen molar-refractivity contribution in [1.82, 2.24) is 0 Å². The van der Waals surface area contributed by atoms with Crippen molar-refractivity contribution in [3.05, 3.63) is 0 Å². The maximum absolute atomic E-state index is 11.3. The standard InChI is InChI=1S/C6H12F2O/c1-3-5(2)4-9-6(7)8/h5-6H,3-4H2,1-2H3/t5-/m0/s1. The molecule has 0 spiro atoms. The quantitative estimate of drug-likeness (QED) is 0.579. The maximum Gasteiger partial charge on any atom is 0.345 e. The fraction of sp³-hybridized carbons (Fsp3) is 1.00. The van der Waals surface area contributed by atoms with Crippen LogP contribution in [-0.4, -0.2) is 13.2 Å². The van der Waals surface area contributed by atoms with Gasteiger partial charge in [0.1, 0.15) is 0 Å². The molecule has 0 aliphatic rings. The summed E-state index contributed by atoms with van der Waals surface area (Å²) < 4.78 is 26.7. The lowest BCUT2D eigenvalue weighted by Gasteiger charge is -2.07. The second kappa shape index (κ2) is 4.68. The zero-order chi connectivity index (χ0) is 7.28. The van der Waals surface area contributed by atoms with Gasteiger partial charge >= 0.3 is 6.61 Å². The summed E-state index contributed by atoms with van der Waals surface area (Å²) in [6.45, 7) is 1.37. The van der Waals surface area contributed by atoms with Crippen molar-refractivity contribution in [2.75, 3.05) is 6.61 Å². The van der Waals surface area contributed by atoms with Gasteiger partial charge in [-0.1, -0.05) is 20.3 Å². The number of ether oxygens (including phenoxy) is 1. The average molecular weight is 138 g/mol. The molecule has 0 aliphatic carbocycles. The Balaban J connectivity index is 3.06. The minimum atomic E-state index is -2.61. The van der Waals surface area contributed by atoms with Crippen LogP contribution in [0.4, 0.5) is 8.78 Å². The molecule has 0 unspecified atom stereocenters. The number of hydrogen-bond acceptors (Lipinski definition) is 1. The van der Waals surface area contributed by atoms with Gasteiger partial charge in [-0.3, -0.25) is 0 Å². The summed E-state index contributed by atoms with van der Waals surface area (Å²) in [5.41, 5.74) is 0. The first kappa shape index (κ1) is 8.82. The molecule has 0 aromatic heterocycles. The van der Waals surface area contributed by atoms with E-state index in [1.165, 1.54) is 0 Å². The minimum absolute atomic E-state index is 0.161. The smallest absolute Gasteiger partial charge is 0.323 e. The van der Waals surface area contributed by atoms with E-state index in [1.54, 1.807) is 0 Å². The molecule has 0 fully saturated rings. The van der Waals surface area contributed by atoms with Crippen LogP contribution in [0.2, 0.25) is 0 Å². The van der Waals surface area contributed by atoms with Crippen LogP contribution in [0.15, 0.2) is 0 Å². The Morgan fingerprint density at radius 1 is 1.44 bits per heavy atom. The maximum atomic E-state index is 11.3. The largest absolute Gasteiger partial charge is 0.345 e. The molecular formula is C6H12F2O. The molecule has 1 atom stereocenters. The first-order chi connectivity index (χ1) is 4.16. The van der Waals surface area contributed by atoms with Crippen molar-refractivity contribution in [3.63, 3.8) is 0 Å². The second-order valence-corrected chi connectivity index (χ2v) is 2.11. The van der Waals surface area contributed by atoms with Gasteiger partial charge in [-0.2, -0.15) is 8.78 Å². The molecule has 0 N–H and O–H groups in total. The molecule has 0 aliphatic heterocycles. The van der Waals surface area contributed by atoms with E-state index < -0.39 is 6.61 Å². The average Bonchev–Trinajstić information content (AvgIpc) is 1.83. The Morgan fingerprint density at radius 2 is 2.00 bits per heavy atom. The van der Waals surface area contributed by atoms with Crippen molar-refractivity contribution >= 4 is 0 Å². The zero-order valence-electron chi connectivity index (χ0n) is 5.73. The number of halogens is 2. The topological polar surface area (TPSA) is 9.23 Å². The number of rotatable bonds is 4. The molecule has 0 bridgehead atoms. The van der Waals surface area contributed by atoms with Crippen molar-refractivity contribution in [1.29, 1.82) is 0 Å². The van der Waals surface area contributed by atoms with Crippen LogP contribution in [0.3, 0.4) is 0 Å². The summed E-state index contributed by atoms with van der Waals surface area (Å²) in [5, 5.41) is 0. The van der Waals surface area contributed by atoms with Crippen molar-refractivity contribution in [2.24, 2.45) is 5.92 Å². The summed E-state index contributed by atoms with van der Waals surface area (Å²) in [7, 11) is 0. The highest BCUT2D eigenvalue weighted by molar-refractivity contribution is 4.44. The summed E-state index contributed by atoms with van der Waals surface area (Å²) in [5.74, 6) is 0.235. The van der Waals surface area contributed by atoms with Crippen LogP contribution in [0.5, 0.6) is 0 Å². The van der Waals surface area contributed by atoms with Gasteiger partial charge in [0, 0.05) is 0 Å². The Kier molecular flexibility index (Phi) is 4.58. The summed E-state index contributed by atoms with van der Waals surface area (Å²) >= 11 is 0. The summed E-state index contributed by atoms with van der Waals surface area (Å²) in [6.07, 6.45) is 0.882. The molecule has 0 rings (SSSR count). The molecule has 0 saturated carbocycles. The molecule has 0 saturated heterocycles. The van der Waals surface area contributed by atoms with Crippen LogP contribution in [0.25, 0.3) is 0 Å². The number of alkyl halides is 2. The molecule has 0 heterocycles. The minimum Gasteiger partial charge on any atom is -0.323 e. The van der Waals surface area contributed by atoms with Gasteiger partial charge in [0.05, 0.1) is 6.61 Å². The van der Waals surface area contributed by atoms with Gasteiger partial charge in [-0.25, -0.2) is 0 Å². The van der Waals surface area contributed by atoms with Crippen LogP contribution in [0.1, 0.15) is 20.3 Å². The first-order valence-electron chi connectivity index (χ1n) is 3.06. The van der Waals surface area contributed by atoms with Gasteiger partial charge in [0.15, 0.2) is 0 Å².